The summed E-state index contributed by atoms with van der Waals surface area (Å²) in [4.78, 5) is 31.9. The van der Waals surface area contributed by atoms with E-state index >= 15 is 0 Å². The minimum atomic E-state index is -0.237. The summed E-state index contributed by atoms with van der Waals surface area (Å²) in [5, 5.41) is 0.746. The van der Waals surface area contributed by atoms with Crippen LogP contribution < -0.4 is 0 Å². The van der Waals surface area contributed by atoms with Crippen LogP contribution in [0, 0.1) is 6.92 Å². The molecular weight excluding hydrogens is 312 g/mol. The predicted molar refractivity (Wildman–Crippen MR) is 96.6 cm³/mol. The molecule has 0 N–H and O–H groups in total. The van der Waals surface area contributed by atoms with Crippen molar-refractivity contribution in [2.24, 2.45) is 0 Å². The minimum absolute atomic E-state index is 0.215. The molecule has 0 aliphatic carbocycles. The fraction of sp³-hybridized carbons (Fsp3) is 0.190. The van der Waals surface area contributed by atoms with Crippen LogP contribution in [0.25, 0.3) is 10.9 Å². The van der Waals surface area contributed by atoms with Gasteiger partial charge >= 0.3 is 0 Å². The number of hydrogen-bond donors (Lipinski definition) is 0. The zero-order valence-corrected chi connectivity index (χ0v) is 14.2. The van der Waals surface area contributed by atoms with E-state index in [1.54, 1.807) is 6.92 Å². The Kier molecular flexibility index (Phi) is 3.61. The quantitative estimate of drug-likeness (QED) is 0.687. The van der Waals surface area contributed by atoms with Crippen LogP contribution in [0.5, 0.6) is 0 Å². The van der Waals surface area contributed by atoms with Gasteiger partial charge in [-0.1, -0.05) is 48.5 Å². The lowest BCUT2D eigenvalue weighted by Gasteiger charge is -2.22. The molecule has 0 saturated carbocycles. The third-order valence-corrected chi connectivity index (χ3v) is 4.75. The maximum Gasteiger partial charge on any atom is 0.263 e. The van der Waals surface area contributed by atoms with E-state index in [0.717, 1.165) is 16.5 Å². The number of rotatable bonds is 3. The Morgan fingerprint density at radius 1 is 0.920 bits per heavy atom. The van der Waals surface area contributed by atoms with Gasteiger partial charge in [0.05, 0.1) is 22.3 Å². The molecule has 1 atom stereocenters. The number of fused-ring (bicyclic) bond motifs is 3. The van der Waals surface area contributed by atoms with Gasteiger partial charge in [-0.2, -0.15) is 0 Å². The second kappa shape index (κ2) is 5.81. The monoisotopic (exact) mass is 330 g/mol. The Bertz CT molecular complexity index is 995. The molecule has 0 spiro atoms. The SMILES string of the molecule is Cc1nc2ccccc2c2c1C(=O)N([C@@H](C)Cc1ccccc1)C2=O. The van der Waals surface area contributed by atoms with E-state index in [0.29, 0.717) is 23.2 Å². The molecule has 124 valence electrons. The van der Waals surface area contributed by atoms with Crippen molar-refractivity contribution in [1.82, 2.24) is 9.88 Å². The topological polar surface area (TPSA) is 50.3 Å². The first-order valence-corrected chi connectivity index (χ1v) is 8.39. The van der Waals surface area contributed by atoms with Crippen LogP contribution in [-0.2, 0) is 6.42 Å². The first-order valence-electron chi connectivity index (χ1n) is 8.39. The maximum atomic E-state index is 13.1. The predicted octanol–water partition coefficient (Wildman–Crippen LogP) is 3.77. The number of benzene rings is 2. The van der Waals surface area contributed by atoms with E-state index in [4.69, 9.17) is 0 Å². The summed E-state index contributed by atoms with van der Waals surface area (Å²) < 4.78 is 0. The van der Waals surface area contributed by atoms with Crippen molar-refractivity contribution in [3.8, 4) is 0 Å². The fourth-order valence-corrected chi connectivity index (χ4v) is 3.60. The van der Waals surface area contributed by atoms with Crippen molar-refractivity contribution >= 4 is 22.7 Å². The zero-order chi connectivity index (χ0) is 17.6. The number of carbonyl (C=O) groups excluding carboxylic acids is 2. The van der Waals surface area contributed by atoms with E-state index in [9.17, 15) is 9.59 Å². The number of aryl methyl sites for hydroxylation is 1. The molecular formula is C21H18N2O2. The summed E-state index contributed by atoms with van der Waals surface area (Å²) in [5.74, 6) is -0.454. The van der Waals surface area contributed by atoms with Crippen LogP contribution in [0.2, 0.25) is 0 Å². The largest absolute Gasteiger partial charge is 0.271 e. The highest BCUT2D eigenvalue weighted by atomic mass is 16.2. The molecule has 1 aromatic heterocycles. The number of aromatic nitrogens is 1. The van der Waals surface area contributed by atoms with Crippen molar-refractivity contribution < 1.29 is 9.59 Å². The van der Waals surface area contributed by atoms with Gasteiger partial charge in [-0.05, 0) is 31.9 Å². The molecule has 0 fully saturated rings. The summed E-state index contributed by atoms with van der Waals surface area (Å²) in [6, 6.07) is 17.2. The van der Waals surface area contributed by atoms with Gasteiger partial charge in [0.25, 0.3) is 11.8 Å². The van der Waals surface area contributed by atoms with Crippen molar-refractivity contribution in [3.05, 3.63) is 77.0 Å². The van der Waals surface area contributed by atoms with Gasteiger partial charge in [0.1, 0.15) is 0 Å². The van der Waals surface area contributed by atoms with E-state index < -0.39 is 0 Å². The van der Waals surface area contributed by atoms with Crippen LogP contribution >= 0.6 is 0 Å². The van der Waals surface area contributed by atoms with Gasteiger partial charge in [-0.25, -0.2) is 0 Å². The van der Waals surface area contributed by atoms with Crippen molar-refractivity contribution in [3.63, 3.8) is 0 Å². The fourth-order valence-electron chi connectivity index (χ4n) is 3.60. The molecule has 4 heteroatoms. The molecule has 4 nitrogen and oxygen atoms in total. The molecule has 1 aliphatic rings. The highest BCUT2D eigenvalue weighted by molar-refractivity contribution is 6.26. The van der Waals surface area contributed by atoms with Crippen molar-refractivity contribution in [2.45, 2.75) is 26.3 Å². The van der Waals surface area contributed by atoms with E-state index in [2.05, 4.69) is 4.98 Å². The van der Waals surface area contributed by atoms with Crippen LogP contribution in [0.4, 0.5) is 0 Å². The van der Waals surface area contributed by atoms with Gasteiger partial charge in [0.2, 0.25) is 0 Å². The van der Waals surface area contributed by atoms with Gasteiger partial charge in [0.15, 0.2) is 0 Å². The van der Waals surface area contributed by atoms with Gasteiger partial charge in [0, 0.05) is 11.4 Å². The van der Waals surface area contributed by atoms with Gasteiger partial charge in [-0.3, -0.25) is 19.5 Å². The van der Waals surface area contributed by atoms with Crippen LogP contribution in [0.1, 0.15) is 38.9 Å². The third-order valence-electron chi connectivity index (χ3n) is 4.75. The highest BCUT2D eigenvalue weighted by Crippen LogP contribution is 2.32. The Hall–Kier alpha value is -3.01. The van der Waals surface area contributed by atoms with Crippen LogP contribution in [-0.4, -0.2) is 27.7 Å². The average molecular weight is 330 g/mol. The second-order valence-corrected chi connectivity index (χ2v) is 6.48. The molecule has 0 unspecified atom stereocenters. The average Bonchev–Trinajstić information content (AvgIpc) is 2.88. The molecule has 25 heavy (non-hydrogen) atoms. The number of para-hydroxylation sites is 1. The standard InChI is InChI=1S/C21H18N2O2/c1-13(12-15-8-4-3-5-9-15)23-20(24)18-14(2)22-17-11-7-6-10-16(17)19(18)21(23)25/h3-11,13H,12H2,1-2H3/t13-/m0/s1. The number of imide groups is 1. The number of hydrogen-bond acceptors (Lipinski definition) is 3. The first kappa shape index (κ1) is 15.5. The Labute approximate surface area is 146 Å². The maximum absolute atomic E-state index is 13.1. The number of amides is 2. The zero-order valence-electron chi connectivity index (χ0n) is 14.2. The lowest BCUT2D eigenvalue weighted by molar-refractivity contribution is 0.0597. The van der Waals surface area contributed by atoms with Gasteiger partial charge < -0.3 is 0 Å². The molecule has 3 aromatic rings. The number of carbonyl (C=O) groups is 2. The lowest BCUT2D eigenvalue weighted by atomic mass is 10.0. The second-order valence-electron chi connectivity index (χ2n) is 6.48. The van der Waals surface area contributed by atoms with Crippen molar-refractivity contribution in [2.75, 3.05) is 0 Å². The molecule has 0 radical (unpaired) electrons. The van der Waals surface area contributed by atoms with E-state index in [1.165, 1.54) is 4.90 Å². The smallest absolute Gasteiger partial charge is 0.263 e. The minimum Gasteiger partial charge on any atom is -0.271 e. The molecule has 1 aliphatic heterocycles. The summed E-state index contributed by atoms with van der Waals surface area (Å²) in [6.45, 7) is 3.71. The summed E-state index contributed by atoms with van der Waals surface area (Å²) in [7, 11) is 0. The Morgan fingerprint density at radius 2 is 1.56 bits per heavy atom. The van der Waals surface area contributed by atoms with Crippen LogP contribution in [0.15, 0.2) is 54.6 Å². The Morgan fingerprint density at radius 3 is 2.32 bits per heavy atom. The van der Waals surface area contributed by atoms with E-state index in [-0.39, 0.29) is 17.9 Å². The molecule has 2 aromatic carbocycles. The molecule has 0 bridgehead atoms. The summed E-state index contributed by atoms with van der Waals surface area (Å²) in [5.41, 5.74) is 3.40. The van der Waals surface area contributed by atoms with Crippen molar-refractivity contribution in [1.29, 1.82) is 0 Å². The van der Waals surface area contributed by atoms with Crippen LogP contribution in [0.3, 0.4) is 0 Å². The number of pyridine rings is 1. The van der Waals surface area contributed by atoms with Gasteiger partial charge in [-0.15, -0.1) is 0 Å². The lowest BCUT2D eigenvalue weighted by Crippen LogP contribution is -2.39. The molecule has 0 saturated heterocycles. The normalized spacial score (nSPS) is 14.9. The highest BCUT2D eigenvalue weighted by Gasteiger charge is 2.41. The summed E-state index contributed by atoms with van der Waals surface area (Å²) in [6.07, 6.45) is 0.636. The third kappa shape index (κ3) is 2.41. The van der Waals surface area contributed by atoms with E-state index in [1.807, 2.05) is 61.5 Å². The Balaban J connectivity index is 1.77. The number of nitrogens with zero attached hydrogens (tertiary/aromatic N) is 2. The molecule has 2 heterocycles. The summed E-state index contributed by atoms with van der Waals surface area (Å²) >= 11 is 0. The first-order chi connectivity index (χ1) is 12.1. The molecule has 2 amide bonds. The molecule has 4 rings (SSSR count).